The molecule has 0 aromatic carbocycles. The molecule has 144 valence electrons. The summed E-state index contributed by atoms with van der Waals surface area (Å²) in [4.78, 5) is 8.82. The molecule has 27 heavy (non-hydrogen) atoms. The first-order chi connectivity index (χ1) is 13.1. The lowest BCUT2D eigenvalue weighted by Crippen LogP contribution is -2.35. The van der Waals surface area contributed by atoms with Crippen LogP contribution in [-0.2, 0) is 9.47 Å². The summed E-state index contributed by atoms with van der Waals surface area (Å²) >= 11 is 0. The monoisotopic (exact) mass is 381 g/mol. The van der Waals surface area contributed by atoms with Gasteiger partial charge in [-0.15, -0.1) is 0 Å². The Hall–Kier alpha value is -2.86. The number of ether oxygens (including phenoxy) is 3. The van der Waals surface area contributed by atoms with E-state index in [0.29, 0.717) is 36.8 Å². The molecule has 0 saturated carbocycles. The highest BCUT2D eigenvalue weighted by Crippen LogP contribution is 2.23. The third kappa shape index (κ3) is 3.80. The van der Waals surface area contributed by atoms with Crippen molar-refractivity contribution in [1.82, 2.24) is 29.9 Å². The molecule has 3 aromatic heterocycles. The number of nitrogens with zero attached hydrogens (tertiary/aromatic N) is 5. The second kappa shape index (κ2) is 7.40. The van der Waals surface area contributed by atoms with Crippen LogP contribution in [0.3, 0.4) is 0 Å². The number of halogens is 2. The summed E-state index contributed by atoms with van der Waals surface area (Å²) < 4.78 is 41.6. The number of anilines is 2. The fourth-order valence-electron chi connectivity index (χ4n) is 2.78. The molecule has 1 saturated heterocycles. The van der Waals surface area contributed by atoms with E-state index in [-0.39, 0.29) is 23.8 Å². The van der Waals surface area contributed by atoms with Gasteiger partial charge in [0, 0.05) is 6.07 Å². The molecule has 12 heteroatoms. The minimum Gasteiger partial charge on any atom is -0.417 e. The van der Waals surface area contributed by atoms with Gasteiger partial charge in [0.15, 0.2) is 17.3 Å². The van der Waals surface area contributed by atoms with Crippen LogP contribution in [0.5, 0.6) is 5.88 Å². The minimum atomic E-state index is -2.93. The number of aromatic nitrogens is 6. The van der Waals surface area contributed by atoms with Crippen molar-refractivity contribution in [3.05, 3.63) is 18.5 Å². The number of rotatable bonds is 6. The first-order valence-electron chi connectivity index (χ1n) is 8.27. The molecule has 0 aliphatic carbocycles. The quantitative estimate of drug-likeness (QED) is 0.666. The SMILES string of the molecule is CC([C@@H]1COCCO1)n1ncc2ncc(Nc3cc(OC(F)F)[nH]n3)nc21. The van der Waals surface area contributed by atoms with E-state index in [1.807, 2.05) is 6.92 Å². The van der Waals surface area contributed by atoms with E-state index >= 15 is 0 Å². The lowest BCUT2D eigenvalue weighted by Gasteiger charge is -2.28. The van der Waals surface area contributed by atoms with Crippen molar-refractivity contribution in [2.24, 2.45) is 0 Å². The Labute approximate surface area is 151 Å². The van der Waals surface area contributed by atoms with Gasteiger partial charge in [-0.05, 0) is 6.92 Å². The molecule has 0 amide bonds. The standard InChI is InChI=1S/C15H17F2N7O3/c1-8(10-7-25-2-3-26-10)24-14-9(5-19-24)18-6-12(21-14)20-11-4-13(23-22-11)27-15(16)17/h4-6,8,10,15H,2-3,7H2,1H3,(H2,20,21,22,23)/t8?,10-/m0/s1. The number of fused-ring (bicyclic) bond motifs is 1. The van der Waals surface area contributed by atoms with Gasteiger partial charge >= 0.3 is 6.61 Å². The van der Waals surface area contributed by atoms with Crippen LogP contribution in [0, 0.1) is 0 Å². The molecule has 1 unspecified atom stereocenters. The van der Waals surface area contributed by atoms with Crippen LogP contribution in [0.15, 0.2) is 18.5 Å². The summed E-state index contributed by atoms with van der Waals surface area (Å²) in [5.41, 5.74) is 1.18. The van der Waals surface area contributed by atoms with Crippen LogP contribution in [0.1, 0.15) is 13.0 Å². The van der Waals surface area contributed by atoms with Crippen LogP contribution in [0.25, 0.3) is 11.2 Å². The molecule has 1 aliphatic rings. The summed E-state index contributed by atoms with van der Waals surface area (Å²) in [6.07, 6.45) is 2.98. The summed E-state index contributed by atoms with van der Waals surface area (Å²) in [6, 6.07) is 1.19. The van der Waals surface area contributed by atoms with Crippen LogP contribution in [-0.4, -0.2) is 62.5 Å². The average Bonchev–Trinajstić information content (AvgIpc) is 3.28. The molecule has 2 atom stereocenters. The second-order valence-electron chi connectivity index (χ2n) is 5.90. The van der Waals surface area contributed by atoms with E-state index in [1.54, 1.807) is 10.9 Å². The number of H-pyrrole nitrogens is 1. The normalized spacial score (nSPS) is 18.7. The highest BCUT2D eigenvalue weighted by molar-refractivity contribution is 5.72. The number of alkyl halides is 2. The molecule has 4 rings (SSSR count). The zero-order valence-electron chi connectivity index (χ0n) is 14.3. The smallest absolute Gasteiger partial charge is 0.388 e. The zero-order valence-corrected chi connectivity index (χ0v) is 14.3. The van der Waals surface area contributed by atoms with Gasteiger partial charge in [0.1, 0.15) is 11.6 Å². The van der Waals surface area contributed by atoms with Crippen molar-refractivity contribution in [1.29, 1.82) is 0 Å². The Balaban J connectivity index is 1.55. The summed E-state index contributed by atoms with van der Waals surface area (Å²) in [6.45, 7) is 0.632. The molecule has 4 heterocycles. The molecule has 0 radical (unpaired) electrons. The highest BCUT2D eigenvalue weighted by atomic mass is 19.3. The van der Waals surface area contributed by atoms with Crippen LogP contribution in [0.2, 0.25) is 0 Å². The van der Waals surface area contributed by atoms with Crippen LogP contribution >= 0.6 is 0 Å². The average molecular weight is 381 g/mol. The van der Waals surface area contributed by atoms with Crippen molar-refractivity contribution in [2.45, 2.75) is 25.7 Å². The molecule has 10 nitrogen and oxygen atoms in total. The van der Waals surface area contributed by atoms with Gasteiger partial charge in [0.2, 0.25) is 5.88 Å². The Kier molecular flexibility index (Phi) is 4.81. The van der Waals surface area contributed by atoms with Gasteiger partial charge in [0.25, 0.3) is 0 Å². The molecule has 0 spiro atoms. The Morgan fingerprint density at radius 3 is 3.00 bits per heavy atom. The van der Waals surface area contributed by atoms with E-state index in [4.69, 9.17) is 9.47 Å². The molecular formula is C15H17F2N7O3. The summed E-state index contributed by atoms with van der Waals surface area (Å²) in [5, 5.41) is 13.4. The predicted molar refractivity (Wildman–Crippen MR) is 89.1 cm³/mol. The van der Waals surface area contributed by atoms with Gasteiger partial charge in [-0.25, -0.2) is 19.7 Å². The lowest BCUT2D eigenvalue weighted by atomic mass is 10.2. The van der Waals surface area contributed by atoms with Gasteiger partial charge in [-0.1, -0.05) is 0 Å². The van der Waals surface area contributed by atoms with Crippen molar-refractivity contribution in [2.75, 3.05) is 25.1 Å². The zero-order chi connectivity index (χ0) is 18.8. The largest absolute Gasteiger partial charge is 0.417 e. The number of hydrogen-bond donors (Lipinski definition) is 2. The molecule has 2 N–H and O–H groups in total. The minimum absolute atomic E-state index is 0.108. The third-order valence-corrected chi connectivity index (χ3v) is 4.09. The van der Waals surface area contributed by atoms with Gasteiger partial charge in [-0.3, -0.25) is 0 Å². The van der Waals surface area contributed by atoms with Gasteiger partial charge in [-0.2, -0.15) is 19.0 Å². The third-order valence-electron chi connectivity index (χ3n) is 4.09. The van der Waals surface area contributed by atoms with Gasteiger partial charge < -0.3 is 19.5 Å². The molecule has 0 bridgehead atoms. The van der Waals surface area contributed by atoms with E-state index in [9.17, 15) is 8.78 Å². The van der Waals surface area contributed by atoms with Crippen molar-refractivity contribution in [3.63, 3.8) is 0 Å². The van der Waals surface area contributed by atoms with E-state index in [2.05, 4.69) is 35.3 Å². The topological polar surface area (TPSA) is 112 Å². The maximum atomic E-state index is 12.2. The molecule has 1 fully saturated rings. The summed E-state index contributed by atoms with van der Waals surface area (Å²) in [5.74, 6) is 0.490. The first-order valence-corrected chi connectivity index (χ1v) is 8.27. The molecular weight excluding hydrogens is 364 g/mol. The molecule has 3 aromatic rings. The van der Waals surface area contributed by atoms with Crippen molar-refractivity contribution in [3.8, 4) is 5.88 Å². The predicted octanol–water partition coefficient (Wildman–Crippen LogP) is 1.87. The highest BCUT2D eigenvalue weighted by Gasteiger charge is 2.25. The van der Waals surface area contributed by atoms with Crippen LogP contribution in [0.4, 0.5) is 20.4 Å². The first kappa shape index (κ1) is 17.5. The second-order valence-corrected chi connectivity index (χ2v) is 5.90. The van der Waals surface area contributed by atoms with Crippen molar-refractivity contribution >= 4 is 22.8 Å². The fourth-order valence-corrected chi connectivity index (χ4v) is 2.78. The number of nitrogens with one attached hydrogen (secondary N) is 2. The Bertz CT molecular complexity index is 910. The van der Waals surface area contributed by atoms with Crippen molar-refractivity contribution < 1.29 is 23.0 Å². The Morgan fingerprint density at radius 2 is 2.22 bits per heavy atom. The van der Waals surface area contributed by atoms with E-state index in [1.165, 1.54) is 12.3 Å². The maximum Gasteiger partial charge on any atom is 0.388 e. The fraction of sp³-hybridized carbons (Fsp3) is 0.467. The maximum absolute atomic E-state index is 12.2. The van der Waals surface area contributed by atoms with E-state index < -0.39 is 6.61 Å². The number of aromatic amines is 1. The van der Waals surface area contributed by atoms with E-state index in [0.717, 1.165) is 0 Å². The lowest BCUT2D eigenvalue weighted by molar-refractivity contribution is -0.106. The molecule has 1 aliphatic heterocycles. The van der Waals surface area contributed by atoms with Gasteiger partial charge in [0.05, 0.1) is 38.3 Å². The summed E-state index contributed by atoms with van der Waals surface area (Å²) in [7, 11) is 0. The Morgan fingerprint density at radius 1 is 1.33 bits per heavy atom. The van der Waals surface area contributed by atoms with Crippen LogP contribution < -0.4 is 10.1 Å². The number of hydrogen-bond acceptors (Lipinski definition) is 8.